The van der Waals surface area contributed by atoms with E-state index in [0.717, 1.165) is 17.7 Å². The van der Waals surface area contributed by atoms with Crippen molar-refractivity contribution in [3.63, 3.8) is 0 Å². The SMILES string of the molecule is [Fe+2].[O-]C(CCCCCCCCCCS)=C1C=CC=C1.c1cc[cH-]c1. The van der Waals surface area contributed by atoms with Crippen LogP contribution in [0.1, 0.15) is 57.8 Å². The minimum Gasteiger partial charge on any atom is -0.875 e. The van der Waals surface area contributed by atoms with Gasteiger partial charge in [0.2, 0.25) is 0 Å². The molecule has 0 saturated carbocycles. The minimum absolute atomic E-state index is 0. The van der Waals surface area contributed by atoms with Crippen LogP contribution < -0.4 is 5.11 Å². The summed E-state index contributed by atoms with van der Waals surface area (Å²) in [4.78, 5) is 0. The molecule has 1 aromatic rings. The smallest absolute Gasteiger partial charge is 0.875 e. The van der Waals surface area contributed by atoms with Crippen molar-refractivity contribution in [3.05, 3.63) is 66.0 Å². The third-order valence-corrected chi connectivity index (χ3v) is 4.17. The Labute approximate surface area is 164 Å². The number of hydrogen-bond donors (Lipinski definition) is 1. The molecular formula is C21H30FeOS. The van der Waals surface area contributed by atoms with Crippen LogP contribution in [-0.2, 0) is 17.1 Å². The second-order valence-corrected chi connectivity index (χ2v) is 6.31. The normalized spacial score (nSPS) is 11.8. The van der Waals surface area contributed by atoms with Crippen molar-refractivity contribution < 1.29 is 22.2 Å². The van der Waals surface area contributed by atoms with Crippen molar-refractivity contribution in [2.24, 2.45) is 0 Å². The Kier molecular flexibility index (Phi) is 16.5. The van der Waals surface area contributed by atoms with Gasteiger partial charge in [-0.25, -0.2) is 12.1 Å². The molecule has 0 spiro atoms. The topological polar surface area (TPSA) is 23.1 Å². The van der Waals surface area contributed by atoms with Crippen molar-refractivity contribution in [3.8, 4) is 0 Å². The Morgan fingerprint density at radius 3 is 1.79 bits per heavy atom. The summed E-state index contributed by atoms with van der Waals surface area (Å²) in [6.45, 7) is 0. The van der Waals surface area contributed by atoms with Crippen molar-refractivity contribution in [2.45, 2.75) is 57.8 Å². The van der Waals surface area contributed by atoms with E-state index < -0.39 is 0 Å². The van der Waals surface area contributed by atoms with E-state index >= 15 is 0 Å². The fourth-order valence-corrected chi connectivity index (χ4v) is 2.71. The number of allylic oxidation sites excluding steroid dienone is 6. The molecule has 1 aromatic carbocycles. The van der Waals surface area contributed by atoms with Gasteiger partial charge in [-0.1, -0.05) is 69.2 Å². The van der Waals surface area contributed by atoms with E-state index in [1.807, 2.05) is 54.6 Å². The van der Waals surface area contributed by atoms with Crippen LogP contribution in [-0.4, -0.2) is 5.75 Å². The Hall–Kier alpha value is -0.761. The maximum absolute atomic E-state index is 11.7. The van der Waals surface area contributed by atoms with Gasteiger partial charge in [0.05, 0.1) is 0 Å². The maximum Gasteiger partial charge on any atom is 2.00 e. The van der Waals surface area contributed by atoms with Crippen molar-refractivity contribution in [1.82, 2.24) is 0 Å². The van der Waals surface area contributed by atoms with Crippen LogP contribution in [0.3, 0.4) is 0 Å². The zero-order valence-electron chi connectivity index (χ0n) is 14.5. The third kappa shape index (κ3) is 12.6. The Bertz CT molecular complexity index is 429. The van der Waals surface area contributed by atoms with Crippen molar-refractivity contribution in [1.29, 1.82) is 0 Å². The molecule has 2 rings (SSSR count). The predicted molar refractivity (Wildman–Crippen MR) is 103 cm³/mol. The number of hydrogen-bond acceptors (Lipinski definition) is 2. The first-order chi connectivity index (χ1) is 11.3. The molecule has 0 radical (unpaired) electrons. The van der Waals surface area contributed by atoms with Crippen LogP contribution in [0.15, 0.2) is 66.0 Å². The molecule has 0 N–H and O–H groups in total. The number of thiol groups is 1. The molecule has 0 unspecified atom stereocenters. The molecule has 0 aromatic heterocycles. The zero-order chi connectivity index (χ0) is 16.6. The Balaban J connectivity index is 0.000000751. The van der Waals surface area contributed by atoms with Crippen LogP contribution in [0.2, 0.25) is 0 Å². The maximum atomic E-state index is 11.7. The first kappa shape index (κ1) is 23.2. The molecule has 3 heteroatoms. The summed E-state index contributed by atoms with van der Waals surface area (Å²) in [6.07, 6.45) is 18.5. The Morgan fingerprint density at radius 1 is 0.833 bits per heavy atom. The van der Waals surface area contributed by atoms with Gasteiger partial charge >= 0.3 is 17.1 Å². The summed E-state index contributed by atoms with van der Waals surface area (Å²) in [6, 6.07) is 10.0. The van der Waals surface area contributed by atoms with Gasteiger partial charge in [-0.2, -0.15) is 30.8 Å². The Morgan fingerprint density at radius 2 is 1.33 bits per heavy atom. The second kappa shape index (κ2) is 17.1. The molecule has 0 amide bonds. The minimum atomic E-state index is 0. The van der Waals surface area contributed by atoms with Crippen molar-refractivity contribution in [2.75, 3.05) is 5.75 Å². The molecule has 24 heavy (non-hydrogen) atoms. The van der Waals surface area contributed by atoms with Crippen LogP contribution >= 0.6 is 12.6 Å². The van der Waals surface area contributed by atoms with Gasteiger partial charge in [0.25, 0.3) is 0 Å². The zero-order valence-corrected chi connectivity index (χ0v) is 16.5. The van der Waals surface area contributed by atoms with Gasteiger partial charge in [-0.05, 0) is 24.2 Å². The quantitative estimate of drug-likeness (QED) is 0.184. The average molecular weight is 386 g/mol. The third-order valence-electron chi connectivity index (χ3n) is 3.85. The van der Waals surface area contributed by atoms with Crippen LogP contribution in [0.25, 0.3) is 0 Å². The van der Waals surface area contributed by atoms with Crippen LogP contribution in [0.5, 0.6) is 0 Å². The van der Waals surface area contributed by atoms with Crippen LogP contribution in [0, 0.1) is 0 Å². The van der Waals surface area contributed by atoms with Crippen LogP contribution in [0.4, 0.5) is 0 Å². The van der Waals surface area contributed by atoms with Crippen molar-refractivity contribution >= 4 is 12.6 Å². The number of unbranched alkanes of at least 4 members (excludes halogenated alkanes) is 7. The fourth-order valence-electron chi connectivity index (χ4n) is 2.48. The molecule has 0 bridgehead atoms. The molecule has 1 aliphatic rings. The van der Waals surface area contributed by atoms with E-state index in [0.29, 0.717) is 12.2 Å². The molecular weight excluding hydrogens is 356 g/mol. The van der Waals surface area contributed by atoms with E-state index in [-0.39, 0.29) is 17.1 Å². The summed E-state index contributed by atoms with van der Waals surface area (Å²) >= 11 is 4.20. The molecule has 0 aliphatic heterocycles. The van der Waals surface area contributed by atoms with Gasteiger partial charge in [-0.15, -0.1) is 5.76 Å². The molecule has 1 nitrogen and oxygen atoms in total. The van der Waals surface area contributed by atoms with E-state index in [9.17, 15) is 5.11 Å². The monoisotopic (exact) mass is 386 g/mol. The summed E-state index contributed by atoms with van der Waals surface area (Å²) in [5.41, 5.74) is 0.877. The summed E-state index contributed by atoms with van der Waals surface area (Å²) in [5.74, 6) is 1.32. The average Bonchev–Trinajstić information content (AvgIpc) is 3.28. The van der Waals surface area contributed by atoms with Gasteiger partial charge < -0.3 is 5.11 Å². The summed E-state index contributed by atoms with van der Waals surface area (Å²) in [5, 5.41) is 11.7. The largest absolute Gasteiger partial charge is 2.00 e. The van der Waals surface area contributed by atoms with Gasteiger partial charge in [-0.3, -0.25) is 0 Å². The predicted octanol–water partition coefficient (Wildman–Crippen LogP) is 5.57. The molecule has 1 aliphatic carbocycles. The molecule has 0 fully saturated rings. The standard InChI is InChI=1S/C16H26OS.C5H5.Fe/c17-16(15-11-8-9-12-15)13-7-5-3-1-2-4-6-10-14-18;1-2-4-5-3-1;/h8-9,11-12,17-18H,1-7,10,13-14H2;1-5H;/q;-1;+2/p-1. The van der Waals surface area contributed by atoms with Gasteiger partial charge in [0, 0.05) is 0 Å². The van der Waals surface area contributed by atoms with Gasteiger partial charge in [0.1, 0.15) is 0 Å². The first-order valence-corrected chi connectivity index (χ1v) is 9.50. The molecule has 0 heterocycles. The van der Waals surface area contributed by atoms with E-state index in [4.69, 9.17) is 0 Å². The molecule has 134 valence electrons. The molecule has 0 atom stereocenters. The molecule has 0 saturated heterocycles. The van der Waals surface area contributed by atoms with E-state index in [1.54, 1.807) is 0 Å². The summed E-state index contributed by atoms with van der Waals surface area (Å²) in [7, 11) is 0. The fraction of sp³-hybridized carbons (Fsp3) is 0.476. The number of rotatable bonds is 10. The van der Waals surface area contributed by atoms with Gasteiger partial charge in [0.15, 0.2) is 0 Å². The first-order valence-electron chi connectivity index (χ1n) is 8.87. The second-order valence-electron chi connectivity index (χ2n) is 5.86. The van der Waals surface area contributed by atoms with E-state index in [1.165, 1.54) is 44.9 Å². The van der Waals surface area contributed by atoms with E-state index in [2.05, 4.69) is 12.6 Å². The summed E-state index contributed by atoms with van der Waals surface area (Å²) < 4.78 is 0.